The molecule has 0 radical (unpaired) electrons. The van der Waals surface area contributed by atoms with Gasteiger partial charge in [0, 0.05) is 74.7 Å². The van der Waals surface area contributed by atoms with E-state index in [1.165, 1.54) is 30.3 Å². The largest absolute Gasteiger partial charge is 0.370 e. The fourth-order valence-electron chi connectivity index (χ4n) is 9.63. The highest BCUT2D eigenvalue weighted by Crippen LogP contribution is 2.21. The minimum absolute atomic E-state index is 0.0454. The number of unbranched alkanes of at least 4 members (excludes halogenated alkanes) is 1. The second-order valence-electron chi connectivity index (χ2n) is 20.0. The molecular weight excluding hydrogens is 1030 g/mol. The van der Waals surface area contributed by atoms with Crippen molar-refractivity contribution in [2.24, 2.45) is 22.2 Å². The quantitative estimate of drug-likeness (QED) is 0.0331. The van der Waals surface area contributed by atoms with Gasteiger partial charge in [-0.2, -0.15) is 0 Å². The Morgan fingerprint density at radius 1 is 0.762 bits per heavy atom. The van der Waals surface area contributed by atoms with Crippen molar-refractivity contribution < 1.29 is 38.4 Å². The number of benzene rings is 3. The number of primary amides is 1. The van der Waals surface area contributed by atoms with Crippen molar-refractivity contribution in [3.05, 3.63) is 114 Å². The zero-order valence-electron chi connectivity index (χ0n) is 44.8. The molecule has 15 N–H and O–H groups in total. The Morgan fingerprint density at radius 2 is 1.45 bits per heavy atom. The first-order valence-corrected chi connectivity index (χ1v) is 26.9. The lowest BCUT2D eigenvalue weighted by atomic mass is 9.99. The molecule has 1 aliphatic heterocycles. The van der Waals surface area contributed by atoms with Gasteiger partial charge < -0.3 is 64.4 Å². The van der Waals surface area contributed by atoms with E-state index < -0.39 is 89.6 Å². The number of carbonyl (C=O) groups is 8. The summed E-state index contributed by atoms with van der Waals surface area (Å²) in [5.74, 6) is -6.01. The molecule has 0 spiro atoms. The maximum Gasteiger partial charge on any atom is 0.243 e. The Hall–Kier alpha value is -9.16. The van der Waals surface area contributed by atoms with Crippen molar-refractivity contribution in [1.82, 2.24) is 67.2 Å². The molecule has 3 aromatic heterocycles. The summed E-state index contributed by atoms with van der Waals surface area (Å²) in [6.45, 7) is 3.51. The van der Waals surface area contributed by atoms with E-state index in [0.29, 0.717) is 48.2 Å². The normalized spacial score (nSPS) is 20.4. The maximum absolute atomic E-state index is 15.0. The lowest BCUT2D eigenvalue weighted by Crippen LogP contribution is -2.61. The van der Waals surface area contributed by atoms with Crippen molar-refractivity contribution in [1.29, 1.82) is 0 Å². The van der Waals surface area contributed by atoms with E-state index >= 15 is 4.79 Å². The predicted molar refractivity (Wildman–Crippen MR) is 297 cm³/mol. The van der Waals surface area contributed by atoms with Crippen molar-refractivity contribution in [3.63, 3.8) is 0 Å². The number of guanidine groups is 1. The molecule has 0 saturated carbocycles. The highest BCUT2D eigenvalue weighted by atomic mass is 16.2. The fourth-order valence-corrected chi connectivity index (χ4v) is 9.63. The third-order valence-corrected chi connectivity index (χ3v) is 13.9. The predicted octanol–water partition coefficient (Wildman–Crippen LogP) is 0.233. The minimum atomic E-state index is -1.41. The molecule has 1 aliphatic rings. The van der Waals surface area contributed by atoms with Crippen LogP contribution in [0.15, 0.2) is 96.6 Å². The number of nitrogens with zero attached hydrogens (tertiary/aromatic N) is 5. The number of carbonyl (C=O) groups excluding carboxylic acids is 8. The number of hydrogen-bond acceptors (Lipinski definition) is 12. The Balaban J connectivity index is 1.29. The Morgan fingerprint density at radius 3 is 2.17 bits per heavy atom. The van der Waals surface area contributed by atoms with E-state index in [1.807, 2.05) is 73.7 Å². The second-order valence-corrected chi connectivity index (χ2v) is 20.0. The SMILES string of the molecule is CCCC[C@H](NC(C)=O)C(=O)N[C@H]1Cc2cnnn2CCCC[C@@H](C(N)=O)NC(=O)[C@H](Cc2c[nH]c3ccccc23)NC(=O)[C@H](CCCN=C(N)N)NC(=O)[C@@H](Cc2ccc3ccccc3c2)NC(=O)[C@H](Cc2cnc[nH]2)NC1=O. The van der Waals surface area contributed by atoms with E-state index in [1.54, 1.807) is 6.20 Å². The van der Waals surface area contributed by atoms with Crippen LogP contribution in [0.3, 0.4) is 0 Å². The van der Waals surface area contributed by atoms with E-state index in [2.05, 4.69) is 67.5 Å². The van der Waals surface area contributed by atoms with Gasteiger partial charge in [0.1, 0.15) is 42.3 Å². The van der Waals surface area contributed by atoms with Crippen molar-refractivity contribution in [2.75, 3.05) is 6.54 Å². The number of nitrogens with two attached hydrogens (primary N) is 3. The first-order chi connectivity index (χ1) is 38.5. The molecule has 0 bridgehead atoms. The van der Waals surface area contributed by atoms with E-state index in [-0.39, 0.29) is 70.4 Å². The number of para-hydroxylation sites is 1. The van der Waals surface area contributed by atoms with Gasteiger partial charge in [-0.15, -0.1) is 5.10 Å². The number of aromatic amines is 2. The highest BCUT2D eigenvalue weighted by Gasteiger charge is 2.35. The standard InChI is InChI=1S/C55H71N17O8/c1-3-4-15-42(64-32(2)73)49(75)70-47-27-38-30-63-71-72(38)22-10-9-17-41(48(56)74)65-52(78)45(25-36-28-61-40-16-8-7-14-39(36)40)68-50(76)43(18-11-21-60-55(57)58)66-51(77)44(24-33-19-20-34-12-5-6-13-35(34)23-33)67-53(79)46(69-54(47)80)26-37-29-59-31-62-37/h5-8,12-14,16,19-20,23,28-31,41-47,61H,3-4,9-11,15,17-18,21-22,24-27H2,1-2H3,(H2,56,74)(H,59,62)(H,64,73)(H,65,78)(H,66,77)(H,67,79)(H,68,76)(H,69,80)(H,70,75)(H4,57,58,60)/t41-,42-,43-,44+,45-,46-,47-/m0/s1. The first-order valence-electron chi connectivity index (χ1n) is 26.9. The molecular formula is C55H71N17O8. The van der Waals surface area contributed by atoms with Gasteiger partial charge in [-0.3, -0.25) is 43.3 Å². The average Bonchev–Trinajstić information content (AvgIpc) is 4.23. The van der Waals surface area contributed by atoms with Gasteiger partial charge in [0.2, 0.25) is 47.3 Å². The number of aryl methyl sites for hydroxylation is 1. The van der Waals surface area contributed by atoms with Crippen LogP contribution in [0.5, 0.6) is 0 Å². The van der Waals surface area contributed by atoms with Gasteiger partial charge in [-0.1, -0.05) is 85.6 Å². The number of hydrogen-bond donors (Lipinski definition) is 12. The third-order valence-electron chi connectivity index (χ3n) is 13.9. The summed E-state index contributed by atoms with van der Waals surface area (Å²) in [7, 11) is 0. The summed E-state index contributed by atoms with van der Waals surface area (Å²) in [6.07, 6.45) is 8.05. The Bertz CT molecular complexity index is 3150. The molecule has 6 aromatic rings. The summed E-state index contributed by atoms with van der Waals surface area (Å²) in [5, 5.41) is 30.5. The molecule has 0 saturated heterocycles. The monoisotopic (exact) mass is 1100 g/mol. The van der Waals surface area contributed by atoms with Crippen LogP contribution in [0.2, 0.25) is 0 Å². The highest BCUT2D eigenvalue weighted by molar-refractivity contribution is 5.98. The number of imidazole rings is 1. The van der Waals surface area contributed by atoms with Gasteiger partial charge in [0.15, 0.2) is 5.96 Å². The Labute approximate surface area is 461 Å². The van der Waals surface area contributed by atoms with Crippen LogP contribution in [0, 0.1) is 0 Å². The number of fused-ring (bicyclic) bond motifs is 3. The molecule has 0 fully saturated rings. The number of H-pyrrole nitrogens is 2. The lowest BCUT2D eigenvalue weighted by Gasteiger charge is -2.28. The smallest absolute Gasteiger partial charge is 0.243 e. The number of nitrogens with one attached hydrogen (secondary N) is 9. The molecule has 25 nitrogen and oxygen atoms in total. The Kier molecular flexibility index (Phi) is 20.8. The number of rotatable bonds is 17. The average molecular weight is 1100 g/mol. The third kappa shape index (κ3) is 16.7. The summed E-state index contributed by atoms with van der Waals surface area (Å²) in [4.78, 5) is 128. The van der Waals surface area contributed by atoms with Crippen LogP contribution in [0.4, 0.5) is 0 Å². The van der Waals surface area contributed by atoms with Crippen molar-refractivity contribution >= 4 is 74.9 Å². The van der Waals surface area contributed by atoms with E-state index in [9.17, 15) is 33.6 Å². The van der Waals surface area contributed by atoms with Crippen LogP contribution < -0.4 is 54.4 Å². The second kappa shape index (κ2) is 28.5. The zero-order valence-corrected chi connectivity index (χ0v) is 44.8. The molecule has 7 rings (SSSR count). The molecule has 25 heteroatoms. The molecule has 7 atom stereocenters. The van der Waals surface area contributed by atoms with Crippen LogP contribution in [0.25, 0.3) is 21.7 Å². The van der Waals surface area contributed by atoms with Crippen LogP contribution >= 0.6 is 0 Å². The summed E-state index contributed by atoms with van der Waals surface area (Å²) >= 11 is 0. The van der Waals surface area contributed by atoms with Gasteiger partial charge in [0.25, 0.3) is 0 Å². The molecule has 0 aliphatic carbocycles. The fraction of sp³-hybridized carbons (Fsp3) is 0.418. The maximum atomic E-state index is 15.0. The van der Waals surface area contributed by atoms with Gasteiger partial charge in [-0.25, -0.2) is 9.67 Å². The molecule has 4 heterocycles. The first kappa shape index (κ1) is 58.5. The van der Waals surface area contributed by atoms with E-state index in [0.717, 1.165) is 21.7 Å². The minimum Gasteiger partial charge on any atom is -0.370 e. The van der Waals surface area contributed by atoms with Crippen LogP contribution in [-0.4, -0.2) is 132 Å². The number of amides is 8. The van der Waals surface area contributed by atoms with E-state index in [4.69, 9.17) is 17.2 Å². The molecule has 3 aromatic carbocycles. The molecule has 8 amide bonds. The number of aliphatic imine (C=N–C) groups is 1. The summed E-state index contributed by atoms with van der Waals surface area (Å²) in [6, 6.07) is 11.5. The number of aromatic nitrogens is 6. The van der Waals surface area contributed by atoms with Crippen molar-refractivity contribution in [3.8, 4) is 0 Å². The van der Waals surface area contributed by atoms with Gasteiger partial charge in [0.05, 0.1) is 18.2 Å². The van der Waals surface area contributed by atoms with Crippen molar-refractivity contribution in [2.45, 2.75) is 140 Å². The zero-order chi connectivity index (χ0) is 57.1. The topological polar surface area (TPSA) is 386 Å². The van der Waals surface area contributed by atoms with Gasteiger partial charge >= 0.3 is 0 Å². The van der Waals surface area contributed by atoms with Gasteiger partial charge in [-0.05, 0) is 66.5 Å². The van der Waals surface area contributed by atoms with Crippen LogP contribution in [0.1, 0.15) is 87.7 Å². The lowest BCUT2D eigenvalue weighted by molar-refractivity contribution is -0.135. The molecule has 80 heavy (non-hydrogen) atoms. The molecule has 424 valence electrons. The molecule has 0 unspecified atom stereocenters. The summed E-state index contributed by atoms with van der Waals surface area (Å²) < 4.78 is 1.54. The summed E-state index contributed by atoms with van der Waals surface area (Å²) in [5.41, 5.74) is 20.1. The van der Waals surface area contributed by atoms with Crippen LogP contribution in [-0.2, 0) is 70.6 Å².